The number of nitrogens with zero attached hydrogens (tertiary/aromatic N) is 4. The summed E-state index contributed by atoms with van der Waals surface area (Å²) in [6, 6.07) is 0.318. The van der Waals surface area contributed by atoms with Gasteiger partial charge < -0.3 is 9.80 Å². The highest BCUT2D eigenvalue weighted by molar-refractivity contribution is 5.83. The third-order valence-corrected chi connectivity index (χ3v) is 6.19. The molecule has 0 unspecified atom stereocenters. The largest absolute Gasteiger partial charge is 0.337 e. The maximum Gasteiger partial charge on any atom is 0.242 e. The maximum atomic E-state index is 12.9. The minimum Gasteiger partial charge on any atom is -0.337 e. The van der Waals surface area contributed by atoms with Crippen molar-refractivity contribution in [2.45, 2.75) is 58.5 Å². The highest BCUT2D eigenvalue weighted by atomic mass is 16.2. The molecule has 0 radical (unpaired) electrons. The zero-order valence-corrected chi connectivity index (χ0v) is 14.8. The van der Waals surface area contributed by atoms with Crippen LogP contribution >= 0.6 is 0 Å². The van der Waals surface area contributed by atoms with Crippen molar-refractivity contribution in [3.63, 3.8) is 0 Å². The molecule has 1 saturated carbocycles. The molecule has 2 heterocycles. The van der Waals surface area contributed by atoms with E-state index in [-0.39, 0.29) is 11.9 Å². The molecule has 0 bridgehead atoms. The second-order valence-corrected chi connectivity index (χ2v) is 8.50. The first kappa shape index (κ1) is 16.6. The Labute approximate surface area is 140 Å². The van der Waals surface area contributed by atoms with Crippen molar-refractivity contribution >= 4 is 5.91 Å². The standard InChI is InChI=1S/C18H30N4O/c1-18(2,3)14-4-6-15(7-5-14)22-11-10-21-9-8-20(13-19)12-16(21)17(22)23/h14-16H,4-12H2,1-3H3/t14?,15?,16-/m1/s1. The monoisotopic (exact) mass is 318 g/mol. The molecule has 5 heteroatoms. The highest BCUT2D eigenvalue weighted by Gasteiger charge is 2.42. The van der Waals surface area contributed by atoms with E-state index in [1.54, 1.807) is 4.90 Å². The molecule has 1 amide bonds. The van der Waals surface area contributed by atoms with Gasteiger partial charge in [-0.2, -0.15) is 5.26 Å². The number of rotatable bonds is 1. The fraction of sp³-hybridized carbons (Fsp3) is 0.889. The van der Waals surface area contributed by atoms with Crippen LogP contribution in [0.3, 0.4) is 0 Å². The van der Waals surface area contributed by atoms with E-state index >= 15 is 0 Å². The van der Waals surface area contributed by atoms with Gasteiger partial charge in [-0.15, -0.1) is 0 Å². The predicted molar refractivity (Wildman–Crippen MR) is 89.5 cm³/mol. The first-order valence-electron chi connectivity index (χ1n) is 9.09. The van der Waals surface area contributed by atoms with Gasteiger partial charge in [0.15, 0.2) is 6.19 Å². The van der Waals surface area contributed by atoms with Gasteiger partial charge in [0.1, 0.15) is 6.04 Å². The number of fused-ring (bicyclic) bond motifs is 1. The molecule has 3 rings (SSSR count). The number of carbonyl (C=O) groups excluding carboxylic acids is 1. The summed E-state index contributed by atoms with van der Waals surface area (Å²) in [4.78, 5) is 19.1. The Morgan fingerprint density at radius 1 is 1.04 bits per heavy atom. The van der Waals surface area contributed by atoms with Crippen LogP contribution in [0, 0.1) is 22.8 Å². The first-order valence-corrected chi connectivity index (χ1v) is 9.09. The topological polar surface area (TPSA) is 50.6 Å². The zero-order chi connectivity index (χ0) is 16.6. The minimum atomic E-state index is -0.0995. The number of hydrogen-bond donors (Lipinski definition) is 0. The van der Waals surface area contributed by atoms with Gasteiger partial charge in [0.2, 0.25) is 5.91 Å². The fourth-order valence-corrected chi connectivity index (χ4v) is 4.57. The van der Waals surface area contributed by atoms with Crippen LogP contribution in [0.15, 0.2) is 0 Å². The first-order chi connectivity index (χ1) is 10.9. The van der Waals surface area contributed by atoms with Crippen molar-refractivity contribution in [3.05, 3.63) is 0 Å². The Bertz CT molecular complexity index is 484. The molecule has 0 spiro atoms. The summed E-state index contributed by atoms with van der Waals surface area (Å²) in [5, 5.41) is 9.12. The van der Waals surface area contributed by atoms with E-state index in [1.165, 1.54) is 12.8 Å². The molecule has 1 atom stereocenters. The second-order valence-electron chi connectivity index (χ2n) is 8.50. The molecule has 0 N–H and O–H groups in total. The predicted octanol–water partition coefficient (Wildman–Crippen LogP) is 1.90. The van der Waals surface area contributed by atoms with Crippen LogP contribution in [-0.4, -0.2) is 65.4 Å². The molecule has 1 aliphatic carbocycles. The Kier molecular flexibility index (Phi) is 4.55. The van der Waals surface area contributed by atoms with Crippen LogP contribution in [0.25, 0.3) is 0 Å². The third-order valence-electron chi connectivity index (χ3n) is 6.19. The van der Waals surface area contributed by atoms with Crippen LogP contribution < -0.4 is 0 Å². The number of nitriles is 1. The van der Waals surface area contributed by atoms with Crippen LogP contribution in [0.4, 0.5) is 0 Å². The third kappa shape index (κ3) is 3.33. The summed E-state index contributed by atoms with van der Waals surface area (Å²) in [5.74, 6) is 1.04. The SMILES string of the molecule is CC(C)(C)C1CCC(N2CCN3CCN(C#N)C[C@@H]3C2=O)CC1. The van der Waals surface area contributed by atoms with Crippen molar-refractivity contribution in [2.24, 2.45) is 11.3 Å². The average molecular weight is 318 g/mol. The average Bonchev–Trinajstić information content (AvgIpc) is 2.54. The molecule has 3 fully saturated rings. The lowest BCUT2D eigenvalue weighted by molar-refractivity contribution is -0.148. The molecule has 0 aromatic carbocycles. The van der Waals surface area contributed by atoms with Gasteiger partial charge in [-0.25, -0.2) is 0 Å². The van der Waals surface area contributed by atoms with Crippen LogP contribution in [0.1, 0.15) is 46.5 Å². The molecule has 5 nitrogen and oxygen atoms in total. The molecule has 0 aromatic heterocycles. The Balaban J connectivity index is 1.62. The number of carbonyl (C=O) groups is 1. The lowest BCUT2D eigenvalue weighted by atomic mass is 9.71. The smallest absolute Gasteiger partial charge is 0.242 e. The highest BCUT2D eigenvalue weighted by Crippen LogP contribution is 2.39. The fourth-order valence-electron chi connectivity index (χ4n) is 4.57. The van der Waals surface area contributed by atoms with E-state index in [9.17, 15) is 4.79 Å². The van der Waals surface area contributed by atoms with Crippen molar-refractivity contribution in [2.75, 3.05) is 32.7 Å². The normalized spacial score (nSPS) is 33.3. The van der Waals surface area contributed by atoms with Crippen LogP contribution in [-0.2, 0) is 4.79 Å². The maximum absolute atomic E-state index is 12.9. The van der Waals surface area contributed by atoms with Gasteiger partial charge in [-0.1, -0.05) is 20.8 Å². The lowest BCUT2D eigenvalue weighted by Gasteiger charge is -2.49. The van der Waals surface area contributed by atoms with Gasteiger partial charge in [0.25, 0.3) is 0 Å². The Morgan fingerprint density at radius 2 is 1.70 bits per heavy atom. The van der Waals surface area contributed by atoms with E-state index in [1.807, 2.05) is 0 Å². The number of piperazine rings is 2. The van der Waals surface area contributed by atoms with E-state index in [2.05, 4.69) is 36.8 Å². The van der Waals surface area contributed by atoms with Gasteiger partial charge in [0.05, 0.1) is 6.54 Å². The van der Waals surface area contributed by atoms with Crippen molar-refractivity contribution < 1.29 is 4.79 Å². The van der Waals surface area contributed by atoms with Crippen LogP contribution in [0.2, 0.25) is 0 Å². The quantitative estimate of drug-likeness (QED) is 0.693. The summed E-state index contributed by atoms with van der Waals surface area (Å²) in [5.41, 5.74) is 0.379. The molecule has 2 saturated heterocycles. The van der Waals surface area contributed by atoms with Gasteiger partial charge >= 0.3 is 0 Å². The number of hydrogen-bond acceptors (Lipinski definition) is 4. The van der Waals surface area contributed by atoms with Crippen molar-refractivity contribution in [1.29, 1.82) is 5.26 Å². The summed E-state index contributed by atoms with van der Waals surface area (Å²) in [6.07, 6.45) is 6.96. The van der Waals surface area contributed by atoms with Crippen molar-refractivity contribution in [3.8, 4) is 6.19 Å². The van der Waals surface area contributed by atoms with Gasteiger partial charge in [-0.05, 0) is 37.0 Å². The van der Waals surface area contributed by atoms with E-state index < -0.39 is 0 Å². The van der Waals surface area contributed by atoms with Gasteiger partial charge in [0, 0.05) is 32.2 Å². The van der Waals surface area contributed by atoms with Crippen LogP contribution in [0.5, 0.6) is 0 Å². The Morgan fingerprint density at radius 3 is 2.30 bits per heavy atom. The summed E-state index contributed by atoms with van der Waals surface area (Å²) < 4.78 is 0. The van der Waals surface area contributed by atoms with Crippen molar-refractivity contribution in [1.82, 2.24) is 14.7 Å². The molecular formula is C18H30N4O. The molecule has 3 aliphatic rings. The molecule has 2 aliphatic heterocycles. The zero-order valence-electron chi connectivity index (χ0n) is 14.8. The summed E-state index contributed by atoms with van der Waals surface area (Å²) >= 11 is 0. The molecule has 128 valence electrons. The van der Waals surface area contributed by atoms with Gasteiger partial charge in [-0.3, -0.25) is 9.69 Å². The van der Waals surface area contributed by atoms with E-state index in [0.29, 0.717) is 18.0 Å². The number of amides is 1. The molecule has 23 heavy (non-hydrogen) atoms. The molecule has 0 aromatic rings. The minimum absolute atomic E-state index is 0.0995. The summed E-state index contributed by atoms with van der Waals surface area (Å²) in [6.45, 7) is 11.0. The second kappa shape index (κ2) is 6.32. The molecular weight excluding hydrogens is 288 g/mol. The van der Waals surface area contributed by atoms with E-state index in [0.717, 1.165) is 44.9 Å². The lowest BCUT2D eigenvalue weighted by Crippen LogP contribution is -2.65. The van der Waals surface area contributed by atoms with E-state index in [4.69, 9.17) is 5.26 Å². The Hall–Kier alpha value is -1.28. The summed E-state index contributed by atoms with van der Waals surface area (Å²) in [7, 11) is 0.